The Morgan fingerprint density at radius 3 is 2.78 bits per heavy atom. The molecule has 1 spiro atoms. The number of hydrogen-bond donors (Lipinski definition) is 3. The Bertz CT molecular complexity index is 2480. The molecule has 11 rings (SSSR count). The van der Waals surface area contributed by atoms with E-state index in [1.54, 1.807) is 18.9 Å². The number of nitrogens with zero attached hydrogens (tertiary/aromatic N) is 3. The number of hydrogen-bond acceptors (Lipinski definition) is 14. The van der Waals surface area contributed by atoms with Crippen LogP contribution >= 0.6 is 11.8 Å². The first-order valence-electron chi connectivity index (χ1n) is 19.4. The van der Waals surface area contributed by atoms with Crippen molar-refractivity contribution in [3.8, 4) is 34.8 Å². The Labute approximate surface area is 338 Å². The minimum absolute atomic E-state index is 0.00490. The predicted octanol–water partition coefficient (Wildman–Crippen LogP) is 5.53. The third kappa shape index (κ3) is 5.05. The van der Waals surface area contributed by atoms with E-state index in [2.05, 4.69) is 44.9 Å². The highest BCUT2D eigenvalue weighted by atomic mass is 32.2. The molecule has 8 heterocycles. The number of aryl methyl sites for hydroxylation is 1. The van der Waals surface area contributed by atoms with Gasteiger partial charge in [0, 0.05) is 63.2 Å². The molecule has 0 saturated carbocycles. The molecule has 15 heteroatoms. The normalized spacial score (nSPS) is 28.4. The van der Waals surface area contributed by atoms with E-state index in [1.807, 2.05) is 39.1 Å². The van der Waals surface area contributed by atoms with E-state index in [1.165, 1.54) is 0 Å². The molecule has 0 amide bonds. The number of thioether (sulfide) groups is 1. The number of phenolic OH excluding ortho intramolecular Hbond substituents is 1. The topological polar surface area (TPSA) is 168 Å². The summed E-state index contributed by atoms with van der Waals surface area (Å²) in [6.45, 7) is 7.55. The van der Waals surface area contributed by atoms with Gasteiger partial charge in [0.25, 0.3) is 0 Å². The highest BCUT2D eigenvalue weighted by Gasteiger charge is 2.61. The average Bonchev–Trinajstić information content (AvgIpc) is 3.85. The first kappa shape index (κ1) is 37.1. The standard InChI is InChI=1S/C43H43N5O9S/c1-6-54-42(51)57-37-21(3)38-39(56-19-55-38)31-28-16-53-17-29(49)43(41-24(11-12-45-43)23-9-7-8-10-25(23)46-41)18-58-40(32(31)37)34-33-30-22(13-20(2)36(52-5)35(30)50)14-26(47(33)4)27(15-44)48(28)34/h6-10,13,26-28,33-34,40,45-46,50H,1,11-12,14,16-19H2,2-5H3/t26-,27-,28+,33+,34?,40+,43-/m0/s1. The van der Waals surface area contributed by atoms with Gasteiger partial charge in [-0.05, 0) is 56.5 Å². The van der Waals surface area contributed by atoms with Gasteiger partial charge < -0.3 is 38.5 Å². The van der Waals surface area contributed by atoms with Gasteiger partial charge in [0.15, 0.2) is 28.8 Å². The number of aromatic nitrogens is 1. The molecule has 0 radical (unpaired) electrons. The van der Waals surface area contributed by atoms with Crippen LogP contribution in [0.5, 0.6) is 28.7 Å². The zero-order chi connectivity index (χ0) is 40.2. The maximum Gasteiger partial charge on any atom is 0.518 e. The number of fused-ring (bicyclic) bond motifs is 12. The van der Waals surface area contributed by atoms with Crippen LogP contribution in [0.3, 0.4) is 0 Å². The first-order valence-corrected chi connectivity index (χ1v) is 20.5. The number of likely N-dealkylation sites (N-methyl/N-ethyl adjacent to an activating group) is 1. The number of para-hydroxylation sites is 1. The summed E-state index contributed by atoms with van der Waals surface area (Å²) in [5.41, 5.74) is 5.91. The summed E-state index contributed by atoms with van der Waals surface area (Å²) in [7, 11) is 3.55. The number of piperazine rings is 1. The number of benzene rings is 3. The number of H-pyrrole nitrogens is 1. The number of aromatic amines is 1. The number of ether oxygens (including phenoxy) is 6. The van der Waals surface area contributed by atoms with Gasteiger partial charge in [0.05, 0.1) is 43.4 Å². The Kier molecular flexibility index (Phi) is 8.74. The molecule has 0 aliphatic carbocycles. The van der Waals surface area contributed by atoms with Crippen molar-refractivity contribution in [3.63, 3.8) is 0 Å². The molecule has 4 bridgehead atoms. The molecule has 2 saturated heterocycles. The maximum atomic E-state index is 14.9. The monoisotopic (exact) mass is 805 g/mol. The lowest BCUT2D eigenvalue weighted by Crippen LogP contribution is -2.69. The quantitative estimate of drug-likeness (QED) is 0.134. The molecule has 7 aliphatic rings. The molecular formula is C43H43N5O9S. The smallest absolute Gasteiger partial charge is 0.504 e. The zero-order valence-corrected chi connectivity index (χ0v) is 33.4. The van der Waals surface area contributed by atoms with Crippen LogP contribution in [0.15, 0.2) is 43.2 Å². The van der Waals surface area contributed by atoms with Gasteiger partial charge >= 0.3 is 6.16 Å². The van der Waals surface area contributed by atoms with Crippen LogP contribution in [0.4, 0.5) is 4.79 Å². The summed E-state index contributed by atoms with van der Waals surface area (Å²) >= 11 is 1.54. The van der Waals surface area contributed by atoms with E-state index < -0.39 is 41.1 Å². The number of Topliss-reactive ketones (excluding diaryl/α,β-unsaturated/α-hetero) is 1. The zero-order valence-electron chi connectivity index (χ0n) is 32.5. The number of carbonyl (C=O) groups excluding carboxylic acids is 2. The van der Waals surface area contributed by atoms with Crippen molar-refractivity contribution < 1.29 is 43.1 Å². The van der Waals surface area contributed by atoms with Crippen LogP contribution in [0, 0.1) is 25.2 Å². The summed E-state index contributed by atoms with van der Waals surface area (Å²) in [4.78, 5) is 36.2. The number of nitriles is 1. The number of carbonyl (C=O) groups is 2. The molecule has 300 valence electrons. The van der Waals surface area contributed by atoms with Gasteiger partial charge in [-0.15, -0.1) is 11.8 Å². The van der Waals surface area contributed by atoms with Gasteiger partial charge in [-0.25, -0.2) is 4.79 Å². The molecule has 3 N–H and O–H groups in total. The third-order valence-corrected chi connectivity index (χ3v) is 14.6. The fourth-order valence-electron chi connectivity index (χ4n) is 10.8. The summed E-state index contributed by atoms with van der Waals surface area (Å²) in [6, 6.07) is 10.2. The van der Waals surface area contributed by atoms with E-state index in [0.717, 1.165) is 46.0 Å². The Hall–Kier alpha value is -5.24. The SMILES string of the molecule is C=COC(=O)Oc1c(C)c2c(c3c1[C@H]1SC[C@]4(NCCc5c4[nH]c4ccccc54)C(=O)COC[C@H]3N3C1[C@H]1c4c(cc(C)c(OC)c4O)C[C@@H]([C@@H]3C#N)N1C)OCO2. The summed E-state index contributed by atoms with van der Waals surface area (Å²) in [5.74, 6) is 1.67. The Morgan fingerprint density at radius 2 is 1.98 bits per heavy atom. The second kappa shape index (κ2) is 13.7. The van der Waals surface area contributed by atoms with Crippen molar-refractivity contribution in [2.75, 3.05) is 46.5 Å². The minimum atomic E-state index is -1.19. The second-order valence-electron chi connectivity index (χ2n) is 15.8. The van der Waals surface area contributed by atoms with Gasteiger partial charge in [-0.2, -0.15) is 5.26 Å². The number of aromatic hydroxyl groups is 1. The van der Waals surface area contributed by atoms with E-state index >= 15 is 0 Å². The van der Waals surface area contributed by atoms with Crippen LogP contribution < -0.4 is 24.3 Å². The van der Waals surface area contributed by atoms with E-state index in [0.29, 0.717) is 52.5 Å². The van der Waals surface area contributed by atoms with Crippen LogP contribution in [-0.4, -0.2) is 96.4 Å². The molecule has 14 nitrogen and oxygen atoms in total. The fourth-order valence-corrected chi connectivity index (χ4v) is 12.5. The number of ketones is 1. The molecule has 58 heavy (non-hydrogen) atoms. The number of methoxy groups -OCH3 is 1. The van der Waals surface area contributed by atoms with Gasteiger partial charge in [0.2, 0.25) is 6.79 Å². The van der Waals surface area contributed by atoms with Crippen LogP contribution in [0.25, 0.3) is 10.9 Å². The Balaban J connectivity index is 1.26. The third-order valence-electron chi connectivity index (χ3n) is 13.2. The fraction of sp³-hybridized carbons (Fsp3) is 0.419. The van der Waals surface area contributed by atoms with Crippen LogP contribution in [0.1, 0.15) is 62.0 Å². The first-order chi connectivity index (χ1) is 28.1. The van der Waals surface area contributed by atoms with Crippen molar-refractivity contribution in [2.24, 2.45) is 0 Å². The maximum absolute atomic E-state index is 14.9. The summed E-state index contributed by atoms with van der Waals surface area (Å²) in [6.07, 6.45) is 1.26. The van der Waals surface area contributed by atoms with Crippen molar-refractivity contribution in [1.82, 2.24) is 20.1 Å². The van der Waals surface area contributed by atoms with Gasteiger partial charge in [-0.3, -0.25) is 19.9 Å². The lowest BCUT2D eigenvalue weighted by Gasteiger charge is -2.61. The van der Waals surface area contributed by atoms with Crippen molar-refractivity contribution in [3.05, 3.63) is 87.8 Å². The lowest BCUT2D eigenvalue weighted by atomic mass is 9.71. The van der Waals surface area contributed by atoms with Gasteiger partial charge in [-0.1, -0.05) is 30.8 Å². The number of rotatable bonds is 3. The van der Waals surface area contributed by atoms with Crippen LogP contribution in [0.2, 0.25) is 0 Å². The molecule has 2 fully saturated rings. The van der Waals surface area contributed by atoms with E-state index in [-0.39, 0.29) is 49.1 Å². The minimum Gasteiger partial charge on any atom is -0.504 e. The highest BCUT2D eigenvalue weighted by Crippen LogP contribution is 2.64. The average molecular weight is 806 g/mol. The predicted molar refractivity (Wildman–Crippen MR) is 212 cm³/mol. The van der Waals surface area contributed by atoms with Gasteiger partial charge in [0.1, 0.15) is 23.9 Å². The lowest BCUT2D eigenvalue weighted by molar-refractivity contribution is -0.132. The van der Waals surface area contributed by atoms with Crippen LogP contribution in [-0.2, 0) is 32.6 Å². The molecule has 7 atom stereocenters. The largest absolute Gasteiger partial charge is 0.518 e. The molecular weight excluding hydrogens is 763 g/mol. The van der Waals surface area contributed by atoms with Crippen molar-refractivity contribution >= 4 is 34.6 Å². The molecule has 1 unspecified atom stereocenters. The molecule has 4 aromatic rings. The molecule has 3 aromatic carbocycles. The highest BCUT2D eigenvalue weighted by molar-refractivity contribution is 7.99. The van der Waals surface area contributed by atoms with Crippen molar-refractivity contribution in [1.29, 1.82) is 5.26 Å². The van der Waals surface area contributed by atoms with Crippen molar-refractivity contribution in [2.45, 2.75) is 67.7 Å². The molecule has 7 aliphatic heterocycles. The summed E-state index contributed by atoms with van der Waals surface area (Å²) in [5, 5.41) is 27.5. The van der Waals surface area contributed by atoms with E-state index in [4.69, 9.17) is 28.4 Å². The second-order valence-corrected chi connectivity index (χ2v) is 16.9. The number of phenols is 1. The Morgan fingerprint density at radius 1 is 1.17 bits per heavy atom. The van der Waals surface area contributed by atoms with E-state index in [9.17, 15) is 20.0 Å². The molecule has 1 aromatic heterocycles. The summed E-state index contributed by atoms with van der Waals surface area (Å²) < 4.78 is 36.0. The number of nitrogens with one attached hydrogen (secondary N) is 2.